The zero-order chi connectivity index (χ0) is 12.8. The number of hydrogen-bond acceptors (Lipinski definition) is 3. The van der Waals surface area contributed by atoms with Gasteiger partial charge >= 0.3 is 0 Å². The predicted molar refractivity (Wildman–Crippen MR) is 82.4 cm³/mol. The first-order valence-electron chi connectivity index (χ1n) is 7.76. The van der Waals surface area contributed by atoms with Gasteiger partial charge in [0.05, 0.1) is 0 Å². The molecule has 0 spiro atoms. The van der Waals surface area contributed by atoms with Gasteiger partial charge in [0, 0.05) is 23.4 Å². The number of thioether (sulfide) groups is 1. The molecule has 2 rings (SSSR count). The number of nitrogens with one attached hydrogen (secondary N) is 2. The minimum absolute atomic E-state index is 0.537. The number of rotatable bonds is 6. The van der Waals surface area contributed by atoms with E-state index in [0.717, 1.165) is 6.04 Å². The molecule has 0 bridgehead atoms. The molecule has 0 amide bonds. The summed E-state index contributed by atoms with van der Waals surface area (Å²) in [7, 11) is 0. The van der Waals surface area contributed by atoms with Crippen LogP contribution in [0, 0.1) is 0 Å². The summed E-state index contributed by atoms with van der Waals surface area (Å²) in [5.74, 6) is 0. The Morgan fingerprint density at radius 3 is 2.67 bits per heavy atom. The van der Waals surface area contributed by atoms with Gasteiger partial charge in [-0.25, -0.2) is 0 Å². The fourth-order valence-corrected chi connectivity index (χ4v) is 4.40. The Balaban J connectivity index is 1.71. The van der Waals surface area contributed by atoms with E-state index in [0.29, 0.717) is 10.8 Å². The van der Waals surface area contributed by atoms with Crippen LogP contribution in [0.1, 0.15) is 58.3 Å². The Bertz CT molecular complexity index is 233. The summed E-state index contributed by atoms with van der Waals surface area (Å²) in [6.07, 6.45) is 13.5. The van der Waals surface area contributed by atoms with Crippen LogP contribution in [0.25, 0.3) is 0 Å². The van der Waals surface area contributed by atoms with Crippen molar-refractivity contribution in [2.75, 3.05) is 19.3 Å². The molecule has 2 aliphatic rings. The smallest absolute Gasteiger partial charge is 0.0281 e. The van der Waals surface area contributed by atoms with Gasteiger partial charge in [0.1, 0.15) is 0 Å². The molecule has 1 heterocycles. The highest BCUT2D eigenvalue weighted by atomic mass is 32.2. The lowest BCUT2D eigenvalue weighted by atomic mass is 9.88. The van der Waals surface area contributed by atoms with Crippen LogP contribution in [0.15, 0.2) is 0 Å². The fraction of sp³-hybridized carbons (Fsp3) is 1.00. The van der Waals surface area contributed by atoms with Gasteiger partial charge in [0.15, 0.2) is 0 Å². The van der Waals surface area contributed by atoms with E-state index < -0.39 is 0 Å². The third-order valence-electron chi connectivity index (χ3n) is 4.77. The molecule has 0 radical (unpaired) electrons. The zero-order valence-electron chi connectivity index (χ0n) is 12.1. The Morgan fingerprint density at radius 2 is 2.06 bits per heavy atom. The van der Waals surface area contributed by atoms with Crippen molar-refractivity contribution in [3.8, 4) is 0 Å². The van der Waals surface area contributed by atoms with E-state index in [9.17, 15) is 0 Å². The molecule has 1 aliphatic carbocycles. The van der Waals surface area contributed by atoms with E-state index in [-0.39, 0.29) is 0 Å². The molecule has 1 aliphatic heterocycles. The molecular formula is C15H30N2S. The molecule has 2 atom stereocenters. The Kier molecular flexibility index (Phi) is 5.84. The van der Waals surface area contributed by atoms with Gasteiger partial charge < -0.3 is 10.6 Å². The molecule has 1 saturated carbocycles. The maximum absolute atomic E-state index is 3.81. The maximum atomic E-state index is 3.81. The van der Waals surface area contributed by atoms with Gasteiger partial charge in [-0.05, 0) is 51.8 Å². The second kappa shape index (κ2) is 7.16. The van der Waals surface area contributed by atoms with Crippen molar-refractivity contribution in [3.05, 3.63) is 0 Å². The van der Waals surface area contributed by atoms with Crippen molar-refractivity contribution in [1.82, 2.24) is 10.6 Å². The van der Waals surface area contributed by atoms with E-state index in [1.807, 2.05) is 0 Å². The van der Waals surface area contributed by atoms with Crippen LogP contribution in [0.3, 0.4) is 0 Å². The van der Waals surface area contributed by atoms with Gasteiger partial charge in [-0.3, -0.25) is 0 Å². The largest absolute Gasteiger partial charge is 0.314 e. The lowest BCUT2D eigenvalue weighted by molar-refractivity contribution is 0.351. The van der Waals surface area contributed by atoms with Crippen LogP contribution < -0.4 is 10.6 Å². The van der Waals surface area contributed by atoms with Crippen LogP contribution in [0.4, 0.5) is 0 Å². The molecule has 2 N–H and O–H groups in total. The summed E-state index contributed by atoms with van der Waals surface area (Å²) in [5, 5.41) is 7.41. The monoisotopic (exact) mass is 270 g/mol. The van der Waals surface area contributed by atoms with Crippen LogP contribution in [-0.4, -0.2) is 36.2 Å². The Morgan fingerprint density at radius 1 is 1.28 bits per heavy atom. The molecule has 106 valence electrons. The number of hydrogen-bond donors (Lipinski definition) is 2. The quantitative estimate of drug-likeness (QED) is 0.775. The molecule has 2 fully saturated rings. The normalized spacial score (nSPS) is 29.3. The van der Waals surface area contributed by atoms with E-state index >= 15 is 0 Å². The van der Waals surface area contributed by atoms with Crippen LogP contribution in [0.5, 0.6) is 0 Å². The molecule has 2 nitrogen and oxygen atoms in total. The Labute approximate surface area is 117 Å². The summed E-state index contributed by atoms with van der Waals surface area (Å²) >= 11 is 2.10. The van der Waals surface area contributed by atoms with Crippen molar-refractivity contribution in [2.24, 2.45) is 0 Å². The summed E-state index contributed by atoms with van der Waals surface area (Å²) < 4.78 is 0.537. The van der Waals surface area contributed by atoms with Crippen LogP contribution >= 0.6 is 11.8 Å². The lowest BCUT2D eigenvalue weighted by Crippen LogP contribution is -2.44. The SMILES string of the molecule is CSC1(CNC(C)CC2CCCN2)CCCCC1. The van der Waals surface area contributed by atoms with E-state index in [4.69, 9.17) is 0 Å². The first kappa shape index (κ1) is 14.7. The molecule has 0 aromatic heterocycles. The summed E-state index contributed by atoms with van der Waals surface area (Å²) in [4.78, 5) is 0. The Hall–Kier alpha value is 0.270. The summed E-state index contributed by atoms with van der Waals surface area (Å²) in [6.45, 7) is 4.80. The maximum Gasteiger partial charge on any atom is 0.0281 e. The van der Waals surface area contributed by atoms with Gasteiger partial charge in [-0.15, -0.1) is 0 Å². The lowest BCUT2D eigenvalue weighted by Gasteiger charge is -2.37. The second-order valence-corrected chi connectivity index (χ2v) is 7.53. The molecule has 2 unspecified atom stereocenters. The van der Waals surface area contributed by atoms with E-state index in [1.165, 1.54) is 64.5 Å². The molecule has 1 saturated heterocycles. The molecular weight excluding hydrogens is 240 g/mol. The predicted octanol–water partition coefficient (Wildman–Crippen LogP) is 3.17. The van der Waals surface area contributed by atoms with Gasteiger partial charge in [-0.1, -0.05) is 19.3 Å². The van der Waals surface area contributed by atoms with Crippen molar-refractivity contribution < 1.29 is 0 Å². The third-order valence-corrected chi connectivity index (χ3v) is 6.19. The van der Waals surface area contributed by atoms with Gasteiger partial charge in [0.25, 0.3) is 0 Å². The zero-order valence-corrected chi connectivity index (χ0v) is 13.0. The molecule has 18 heavy (non-hydrogen) atoms. The van der Waals surface area contributed by atoms with E-state index in [2.05, 4.69) is 35.6 Å². The average Bonchev–Trinajstić information content (AvgIpc) is 2.90. The topological polar surface area (TPSA) is 24.1 Å². The second-order valence-electron chi connectivity index (χ2n) is 6.26. The van der Waals surface area contributed by atoms with Crippen molar-refractivity contribution in [3.63, 3.8) is 0 Å². The fourth-order valence-electron chi connectivity index (χ4n) is 3.48. The van der Waals surface area contributed by atoms with Gasteiger partial charge in [0.2, 0.25) is 0 Å². The highest BCUT2D eigenvalue weighted by molar-refractivity contribution is 8.00. The molecule has 0 aromatic carbocycles. The third kappa shape index (κ3) is 4.14. The van der Waals surface area contributed by atoms with Crippen molar-refractivity contribution >= 4 is 11.8 Å². The first-order chi connectivity index (χ1) is 8.74. The van der Waals surface area contributed by atoms with Crippen molar-refractivity contribution in [1.29, 1.82) is 0 Å². The standard InChI is InChI=1S/C15H30N2S/c1-13(11-14-7-6-10-16-14)17-12-15(18-2)8-4-3-5-9-15/h13-14,16-17H,3-12H2,1-2H3. The van der Waals surface area contributed by atoms with Crippen LogP contribution in [-0.2, 0) is 0 Å². The van der Waals surface area contributed by atoms with Gasteiger partial charge in [-0.2, -0.15) is 11.8 Å². The highest BCUT2D eigenvalue weighted by Crippen LogP contribution is 2.38. The molecule has 0 aromatic rings. The first-order valence-corrected chi connectivity index (χ1v) is 8.98. The van der Waals surface area contributed by atoms with E-state index in [1.54, 1.807) is 0 Å². The average molecular weight is 270 g/mol. The summed E-state index contributed by atoms with van der Waals surface area (Å²) in [5.41, 5.74) is 0. The molecule has 3 heteroatoms. The summed E-state index contributed by atoms with van der Waals surface area (Å²) in [6, 6.07) is 1.43. The van der Waals surface area contributed by atoms with Crippen LogP contribution in [0.2, 0.25) is 0 Å². The minimum atomic E-state index is 0.537. The highest BCUT2D eigenvalue weighted by Gasteiger charge is 2.31. The minimum Gasteiger partial charge on any atom is -0.314 e. The van der Waals surface area contributed by atoms with Crippen molar-refractivity contribution in [2.45, 2.75) is 75.1 Å².